The van der Waals surface area contributed by atoms with Crippen LogP contribution in [0, 0.1) is 11.8 Å². The van der Waals surface area contributed by atoms with E-state index in [1.165, 1.54) is 5.69 Å². The van der Waals surface area contributed by atoms with Crippen molar-refractivity contribution in [2.75, 3.05) is 29.9 Å². The van der Waals surface area contributed by atoms with Crippen LogP contribution in [0.25, 0.3) is 10.4 Å². The number of amides is 1. The summed E-state index contributed by atoms with van der Waals surface area (Å²) in [6.45, 7) is 6.30. The van der Waals surface area contributed by atoms with E-state index >= 15 is 0 Å². The van der Waals surface area contributed by atoms with Gasteiger partial charge in [0, 0.05) is 48.2 Å². The number of carbonyl (C=O) groups is 1. The lowest BCUT2D eigenvalue weighted by Crippen LogP contribution is -2.23. The van der Waals surface area contributed by atoms with Crippen molar-refractivity contribution in [1.82, 2.24) is 4.98 Å². The highest BCUT2D eigenvalue weighted by Gasteiger charge is 2.12. The Hall–Kier alpha value is -3.10. The second-order valence-electron chi connectivity index (χ2n) is 6.22. The average molecular weight is 390 g/mol. The van der Waals surface area contributed by atoms with Gasteiger partial charge in [0.1, 0.15) is 5.69 Å². The van der Waals surface area contributed by atoms with Gasteiger partial charge in [0.25, 0.3) is 0 Å². The molecule has 0 aliphatic rings. The highest BCUT2D eigenvalue weighted by atomic mass is 32.1. The van der Waals surface area contributed by atoms with Crippen molar-refractivity contribution in [2.24, 2.45) is 0 Å². The minimum absolute atomic E-state index is 0.258. The van der Waals surface area contributed by atoms with Crippen LogP contribution in [-0.4, -0.2) is 31.0 Å². The quantitative estimate of drug-likeness (QED) is 0.595. The van der Waals surface area contributed by atoms with Crippen LogP contribution in [-0.2, 0) is 4.79 Å². The van der Waals surface area contributed by atoms with E-state index in [0.717, 1.165) is 29.2 Å². The summed E-state index contributed by atoms with van der Waals surface area (Å²) in [7, 11) is 1.74. The van der Waals surface area contributed by atoms with E-state index in [0.29, 0.717) is 5.69 Å². The van der Waals surface area contributed by atoms with Crippen LogP contribution in [0.4, 0.5) is 11.4 Å². The minimum Gasteiger partial charge on any atom is -0.372 e. The molecule has 0 radical (unpaired) electrons. The topological polar surface area (TPSA) is 36.4 Å². The number of anilines is 2. The summed E-state index contributed by atoms with van der Waals surface area (Å²) in [5.74, 6) is 5.20. The largest absolute Gasteiger partial charge is 0.372 e. The maximum atomic E-state index is 12.4. The second kappa shape index (κ2) is 9.20. The summed E-state index contributed by atoms with van der Waals surface area (Å²) >= 11 is 1.62. The molecule has 1 amide bonds. The highest BCUT2D eigenvalue weighted by Crippen LogP contribution is 2.32. The summed E-state index contributed by atoms with van der Waals surface area (Å²) in [6.07, 6.45) is 1.66. The Morgan fingerprint density at radius 2 is 1.82 bits per heavy atom. The molecule has 142 valence electrons. The number of thiophene rings is 1. The van der Waals surface area contributed by atoms with E-state index in [-0.39, 0.29) is 5.91 Å². The number of hydrogen-bond donors (Lipinski definition) is 0. The molecule has 28 heavy (non-hydrogen) atoms. The van der Waals surface area contributed by atoms with Gasteiger partial charge < -0.3 is 9.80 Å². The molecule has 3 aromatic rings. The molecule has 1 aromatic carbocycles. The van der Waals surface area contributed by atoms with Crippen molar-refractivity contribution < 1.29 is 4.79 Å². The van der Waals surface area contributed by atoms with E-state index in [1.807, 2.05) is 23.6 Å². The molecule has 0 aliphatic heterocycles. The summed E-state index contributed by atoms with van der Waals surface area (Å²) in [5, 5.41) is 1.98. The van der Waals surface area contributed by atoms with Crippen LogP contribution in [0.2, 0.25) is 0 Å². The third-order valence-electron chi connectivity index (χ3n) is 4.52. The summed E-state index contributed by atoms with van der Waals surface area (Å²) < 4.78 is 0. The number of carbonyl (C=O) groups excluding carboxylic acids is 1. The van der Waals surface area contributed by atoms with E-state index < -0.39 is 0 Å². The van der Waals surface area contributed by atoms with Gasteiger partial charge in [-0.1, -0.05) is 18.2 Å². The van der Waals surface area contributed by atoms with Crippen molar-refractivity contribution in [2.45, 2.75) is 13.8 Å². The maximum Gasteiger partial charge on any atom is 0.303 e. The van der Waals surface area contributed by atoms with Gasteiger partial charge >= 0.3 is 5.91 Å². The number of benzene rings is 1. The van der Waals surface area contributed by atoms with Crippen molar-refractivity contribution in [1.29, 1.82) is 0 Å². The van der Waals surface area contributed by atoms with Crippen LogP contribution in [0.15, 0.2) is 60.1 Å². The van der Waals surface area contributed by atoms with Gasteiger partial charge in [-0.05, 0) is 55.7 Å². The van der Waals surface area contributed by atoms with Gasteiger partial charge in [-0.2, -0.15) is 0 Å². The first kappa shape index (κ1) is 19.7. The van der Waals surface area contributed by atoms with Gasteiger partial charge in [-0.3, -0.25) is 4.79 Å². The highest BCUT2D eigenvalue weighted by molar-refractivity contribution is 7.14. The normalized spacial score (nSPS) is 10.1. The molecule has 0 atom stereocenters. The van der Waals surface area contributed by atoms with Crippen LogP contribution in [0.3, 0.4) is 0 Å². The lowest BCUT2D eigenvalue weighted by atomic mass is 10.1. The average Bonchev–Trinajstić information content (AvgIpc) is 3.24. The first-order valence-corrected chi connectivity index (χ1v) is 10.1. The Morgan fingerprint density at radius 1 is 1.07 bits per heavy atom. The molecule has 0 saturated carbocycles. The predicted molar refractivity (Wildman–Crippen MR) is 118 cm³/mol. The molecule has 0 bridgehead atoms. The summed E-state index contributed by atoms with van der Waals surface area (Å²) in [4.78, 5) is 21.5. The van der Waals surface area contributed by atoms with Crippen molar-refractivity contribution in [3.8, 4) is 22.3 Å². The Bertz CT molecular complexity index is 980. The monoisotopic (exact) mass is 389 g/mol. The zero-order chi connectivity index (χ0) is 19.9. The fraction of sp³-hybridized carbons (Fsp3) is 0.217. The van der Waals surface area contributed by atoms with Gasteiger partial charge in [-0.15, -0.1) is 11.3 Å². The molecular formula is C23H23N3OS. The van der Waals surface area contributed by atoms with Gasteiger partial charge in [0.2, 0.25) is 0 Å². The Kier molecular flexibility index (Phi) is 6.46. The molecule has 2 heterocycles. The first-order valence-electron chi connectivity index (χ1n) is 9.27. The molecule has 0 fully saturated rings. The summed E-state index contributed by atoms with van der Waals surface area (Å²) in [5.41, 5.74) is 3.80. The van der Waals surface area contributed by atoms with Crippen LogP contribution in [0.1, 0.15) is 19.5 Å². The fourth-order valence-electron chi connectivity index (χ4n) is 2.83. The van der Waals surface area contributed by atoms with E-state index in [1.54, 1.807) is 35.5 Å². The molecule has 0 saturated heterocycles. The molecule has 4 nitrogen and oxygen atoms in total. The van der Waals surface area contributed by atoms with Crippen molar-refractivity contribution >= 4 is 28.6 Å². The van der Waals surface area contributed by atoms with Crippen LogP contribution in [0.5, 0.6) is 0 Å². The van der Waals surface area contributed by atoms with Crippen LogP contribution < -0.4 is 9.80 Å². The third kappa shape index (κ3) is 4.59. The van der Waals surface area contributed by atoms with E-state index in [4.69, 9.17) is 0 Å². The molecule has 0 unspecified atom stereocenters. The Balaban J connectivity index is 1.73. The predicted octanol–water partition coefficient (Wildman–Crippen LogP) is 4.67. The number of pyridine rings is 1. The molecule has 5 heteroatoms. The minimum atomic E-state index is -0.258. The zero-order valence-electron chi connectivity index (χ0n) is 16.3. The fourth-order valence-corrected chi connectivity index (χ4v) is 3.77. The zero-order valence-corrected chi connectivity index (χ0v) is 17.2. The van der Waals surface area contributed by atoms with Crippen LogP contribution >= 0.6 is 11.3 Å². The molecular weight excluding hydrogens is 366 g/mol. The van der Waals surface area contributed by atoms with Gasteiger partial charge in [0.15, 0.2) is 0 Å². The standard InChI is InChI=1S/C23H23N3OS/c1-4-26(5-2)20-12-9-18(10-13-20)22-16-21(17-28-22)25(3)23(27)14-11-19-8-6-7-15-24-19/h6-10,12-13,15-17H,4-5H2,1-3H3. The van der Waals surface area contributed by atoms with E-state index in [2.05, 4.69) is 59.8 Å². The molecule has 2 aromatic heterocycles. The lowest BCUT2D eigenvalue weighted by Gasteiger charge is -2.21. The third-order valence-corrected chi connectivity index (χ3v) is 5.49. The van der Waals surface area contributed by atoms with Crippen molar-refractivity contribution in [3.63, 3.8) is 0 Å². The second-order valence-corrected chi connectivity index (χ2v) is 7.13. The Morgan fingerprint density at radius 3 is 2.46 bits per heavy atom. The summed E-state index contributed by atoms with van der Waals surface area (Å²) in [6, 6.07) is 16.0. The number of nitrogens with zero attached hydrogens (tertiary/aromatic N) is 3. The molecule has 3 rings (SSSR count). The SMILES string of the molecule is CCN(CC)c1ccc(-c2cc(N(C)C(=O)C#Cc3ccccn3)cs2)cc1. The number of rotatable bonds is 5. The molecule has 0 aliphatic carbocycles. The number of hydrogen-bond acceptors (Lipinski definition) is 4. The Labute approximate surface area is 170 Å². The first-order chi connectivity index (χ1) is 13.6. The lowest BCUT2D eigenvalue weighted by molar-refractivity contribution is -0.113. The number of aromatic nitrogens is 1. The van der Waals surface area contributed by atoms with Gasteiger partial charge in [0.05, 0.1) is 5.69 Å². The maximum absolute atomic E-state index is 12.4. The van der Waals surface area contributed by atoms with Crippen molar-refractivity contribution in [3.05, 3.63) is 65.8 Å². The molecule has 0 N–H and O–H groups in total. The van der Waals surface area contributed by atoms with Gasteiger partial charge in [-0.25, -0.2) is 4.98 Å². The molecule has 0 spiro atoms. The van der Waals surface area contributed by atoms with E-state index in [9.17, 15) is 4.79 Å². The smallest absolute Gasteiger partial charge is 0.303 e.